The standard InChI is InChI=1S/C12H24N2O2.2ClH/c1-16-12(15)5-3-2-4-8-14-9-6-11(13)7-10-14;;/h11H,2-10,13H2,1H3;2*1H. The van der Waals surface area contributed by atoms with Gasteiger partial charge in [0.15, 0.2) is 0 Å². The third-order valence-corrected chi connectivity index (χ3v) is 3.22. The molecule has 1 rings (SSSR count). The summed E-state index contributed by atoms with van der Waals surface area (Å²) in [4.78, 5) is 13.3. The van der Waals surface area contributed by atoms with Gasteiger partial charge in [0.25, 0.3) is 0 Å². The van der Waals surface area contributed by atoms with Crippen molar-refractivity contribution in [1.29, 1.82) is 0 Å². The molecule has 4 nitrogen and oxygen atoms in total. The number of esters is 1. The van der Waals surface area contributed by atoms with Crippen LogP contribution in [0.3, 0.4) is 0 Å². The number of hydrogen-bond acceptors (Lipinski definition) is 4. The third-order valence-electron chi connectivity index (χ3n) is 3.22. The molecule has 0 unspecified atom stereocenters. The van der Waals surface area contributed by atoms with Gasteiger partial charge >= 0.3 is 5.97 Å². The van der Waals surface area contributed by atoms with E-state index in [0.29, 0.717) is 12.5 Å². The number of likely N-dealkylation sites (tertiary alicyclic amines) is 1. The normalized spacial score (nSPS) is 16.6. The Labute approximate surface area is 122 Å². The number of rotatable bonds is 6. The lowest BCUT2D eigenvalue weighted by Gasteiger charge is -2.29. The Morgan fingerprint density at radius 1 is 1.22 bits per heavy atom. The van der Waals surface area contributed by atoms with Crippen LogP contribution < -0.4 is 5.73 Å². The van der Waals surface area contributed by atoms with Gasteiger partial charge in [-0.2, -0.15) is 0 Å². The number of hydrogen-bond donors (Lipinski definition) is 1. The molecule has 1 fully saturated rings. The van der Waals surface area contributed by atoms with E-state index in [1.807, 2.05) is 0 Å². The maximum absolute atomic E-state index is 10.9. The second kappa shape index (κ2) is 12.0. The van der Waals surface area contributed by atoms with Crippen molar-refractivity contribution in [1.82, 2.24) is 4.90 Å². The maximum atomic E-state index is 10.9. The SMILES string of the molecule is COC(=O)CCCCCN1CCC(N)CC1.Cl.Cl. The Morgan fingerprint density at radius 2 is 1.83 bits per heavy atom. The molecule has 18 heavy (non-hydrogen) atoms. The summed E-state index contributed by atoms with van der Waals surface area (Å²) in [5.41, 5.74) is 5.84. The van der Waals surface area contributed by atoms with E-state index in [4.69, 9.17) is 5.73 Å². The minimum atomic E-state index is -0.0936. The molecule has 0 saturated carbocycles. The number of halogens is 2. The van der Waals surface area contributed by atoms with Crippen molar-refractivity contribution in [2.24, 2.45) is 5.73 Å². The van der Waals surface area contributed by atoms with Crippen LogP contribution in [0.25, 0.3) is 0 Å². The van der Waals surface area contributed by atoms with Crippen molar-refractivity contribution >= 4 is 30.8 Å². The van der Waals surface area contributed by atoms with Gasteiger partial charge < -0.3 is 15.4 Å². The topological polar surface area (TPSA) is 55.6 Å². The van der Waals surface area contributed by atoms with Crippen LogP contribution >= 0.6 is 24.8 Å². The van der Waals surface area contributed by atoms with E-state index >= 15 is 0 Å². The van der Waals surface area contributed by atoms with E-state index in [2.05, 4.69) is 9.64 Å². The van der Waals surface area contributed by atoms with Crippen LogP contribution in [0.5, 0.6) is 0 Å². The van der Waals surface area contributed by atoms with Crippen molar-refractivity contribution in [2.75, 3.05) is 26.7 Å². The summed E-state index contributed by atoms with van der Waals surface area (Å²) >= 11 is 0. The van der Waals surface area contributed by atoms with Gasteiger partial charge in [0.1, 0.15) is 0 Å². The highest BCUT2D eigenvalue weighted by Gasteiger charge is 2.14. The Balaban J connectivity index is 0. The summed E-state index contributed by atoms with van der Waals surface area (Å²) in [6, 6.07) is 0.413. The minimum absolute atomic E-state index is 0. The predicted molar refractivity (Wildman–Crippen MR) is 78.6 cm³/mol. The zero-order chi connectivity index (χ0) is 11.8. The molecule has 2 N–H and O–H groups in total. The molecule has 0 bridgehead atoms. The second-order valence-corrected chi connectivity index (χ2v) is 4.57. The second-order valence-electron chi connectivity index (χ2n) is 4.57. The maximum Gasteiger partial charge on any atom is 0.305 e. The third kappa shape index (κ3) is 8.97. The zero-order valence-corrected chi connectivity index (χ0v) is 12.7. The van der Waals surface area contributed by atoms with Gasteiger partial charge in [-0.3, -0.25) is 4.79 Å². The molecule has 0 radical (unpaired) electrons. The van der Waals surface area contributed by atoms with Gasteiger partial charge in [0.05, 0.1) is 7.11 Å². The monoisotopic (exact) mass is 300 g/mol. The van der Waals surface area contributed by atoms with Crippen molar-refractivity contribution in [3.8, 4) is 0 Å². The highest BCUT2D eigenvalue weighted by molar-refractivity contribution is 5.85. The highest BCUT2D eigenvalue weighted by atomic mass is 35.5. The van der Waals surface area contributed by atoms with E-state index in [1.54, 1.807) is 0 Å². The van der Waals surface area contributed by atoms with Crippen LogP contribution in [0.4, 0.5) is 0 Å². The molecule has 1 aliphatic rings. The van der Waals surface area contributed by atoms with Gasteiger partial charge in [0, 0.05) is 12.5 Å². The van der Waals surface area contributed by atoms with Gasteiger partial charge in [0.2, 0.25) is 0 Å². The number of carbonyl (C=O) groups is 1. The quantitative estimate of drug-likeness (QED) is 0.602. The summed E-state index contributed by atoms with van der Waals surface area (Å²) in [6.45, 7) is 3.42. The number of piperidine rings is 1. The highest BCUT2D eigenvalue weighted by Crippen LogP contribution is 2.10. The number of methoxy groups -OCH3 is 1. The van der Waals surface area contributed by atoms with Crippen LogP contribution in [0.1, 0.15) is 38.5 Å². The average Bonchev–Trinajstić information content (AvgIpc) is 2.31. The number of nitrogens with two attached hydrogens (primary N) is 1. The molecule has 1 heterocycles. The molecule has 1 saturated heterocycles. The lowest BCUT2D eigenvalue weighted by molar-refractivity contribution is -0.140. The van der Waals surface area contributed by atoms with Crippen LogP contribution in [0, 0.1) is 0 Å². The van der Waals surface area contributed by atoms with E-state index in [0.717, 1.165) is 45.3 Å². The fourth-order valence-electron chi connectivity index (χ4n) is 2.06. The predicted octanol–water partition coefficient (Wildman–Crippen LogP) is 1.99. The average molecular weight is 301 g/mol. The van der Waals surface area contributed by atoms with Crippen LogP contribution in [0.15, 0.2) is 0 Å². The molecule has 0 spiro atoms. The van der Waals surface area contributed by atoms with Crippen molar-refractivity contribution in [2.45, 2.75) is 44.6 Å². The van der Waals surface area contributed by atoms with E-state index in [-0.39, 0.29) is 30.8 Å². The summed E-state index contributed by atoms with van der Waals surface area (Å²) in [6.07, 6.45) is 6.04. The van der Waals surface area contributed by atoms with Gasteiger partial charge in [-0.25, -0.2) is 0 Å². The Morgan fingerprint density at radius 3 is 2.39 bits per heavy atom. The Bertz CT molecular complexity index is 210. The number of carbonyl (C=O) groups excluding carboxylic acids is 1. The summed E-state index contributed by atoms with van der Waals surface area (Å²) in [5.74, 6) is -0.0936. The summed E-state index contributed by atoms with van der Waals surface area (Å²) < 4.78 is 4.60. The van der Waals surface area contributed by atoms with Crippen molar-refractivity contribution in [3.05, 3.63) is 0 Å². The van der Waals surface area contributed by atoms with Gasteiger partial charge in [-0.15, -0.1) is 24.8 Å². The molecular formula is C12H26Cl2N2O2. The lowest BCUT2D eigenvalue weighted by Crippen LogP contribution is -2.39. The number of nitrogens with zero attached hydrogens (tertiary/aromatic N) is 1. The van der Waals surface area contributed by atoms with Crippen LogP contribution in [-0.2, 0) is 9.53 Å². The molecule has 0 aromatic carbocycles. The smallest absolute Gasteiger partial charge is 0.305 e. The number of ether oxygens (including phenoxy) is 1. The molecule has 0 aromatic heterocycles. The molecule has 0 amide bonds. The first-order valence-corrected chi connectivity index (χ1v) is 6.27. The molecule has 6 heteroatoms. The minimum Gasteiger partial charge on any atom is -0.469 e. The molecule has 0 aliphatic carbocycles. The largest absolute Gasteiger partial charge is 0.469 e. The molecule has 0 atom stereocenters. The summed E-state index contributed by atoms with van der Waals surface area (Å²) in [5, 5.41) is 0. The first kappa shape index (κ1) is 20.3. The van der Waals surface area contributed by atoms with E-state index in [1.165, 1.54) is 13.5 Å². The molecular weight excluding hydrogens is 275 g/mol. The van der Waals surface area contributed by atoms with E-state index in [9.17, 15) is 4.79 Å². The van der Waals surface area contributed by atoms with Crippen molar-refractivity contribution < 1.29 is 9.53 Å². The molecule has 0 aromatic rings. The lowest BCUT2D eigenvalue weighted by atomic mass is 10.1. The fourth-order valence-corrected chi connectivity index (χ4v) is 2.06. The Kier molecular flexibility index (Phi) is 13.6. The molecule has 110 valence electrons. The summed E-state index contributed by atoms with van der Waals surface area (Å²) in [7, 11) is 1.44. The van der Waals surface area contributed by atoms with Crippen LogP contribution in [0.2, 0.25) is 0 Å². The van der Waals surface area contributed by atoms with E-state index < -0.39 is 0 Å². The fraction of sp³-hybridized carbons (Fsp3) is 0.917. The zero-order valence-electron chi connectivity index (χ0n) is 11.1. The van der Waals surface area contributed by atoms with Crippen molar-refractivity contribution in [3.63, 3.8) is 0 Å². The van der Waals surface area contributed by atoms with Gasteiger partial charge in [-0.1, -0.05) is 6.42 Å². The van der Waals surface area contributed by atoms with Crippen LogP contribution in [-0.4, -0.2) is 43.7 Å². The number of unbranched alkanes of at least 4 members (excludes halogenated alkanes) is 2. The Hall–Kier alpha value is -0.0300. The first-order chi connectivity index (χ1) is 7.72. The van der Waals surface area contributed by atoms with Gasteiger partial charge in [-0.05, 0) is 45.3 Å². The first-order valence-electron chi connectivity index (χ1n) is 6.27. The molecule has 1 aliphatic heterocycles.